The molecule has 0 spiro atoms. The number of nitrogens with zero attached hydrogens (tertiary/aromatic N) is 2. The maximum atomic E-state index is 12.9. The fraction of sp³-hybridized carbons (Fsp3) is 0.409. The molecule has 1 aromatic carbocycles. The molecular weight excluding hydrogens is 338 g/mol. The van der Waals surface area contributed by atoms with Crippen LogP contribution in [0.4, 0.5) is 0 Å². The van der Waals surface area contributed by atoms with Crippen LogP contribution < -0.4 is 5.32 Å². The molecule has 2 heterocycles. The molecule has 0 aliphatic carbocycles. The van der Waals surface area contributed by atoms with Crippen molar-refractivity contribution in [3.05, 3.63) is 65.0 Å². The van der Waals surface area contributed by atoms with Crippen LogP contribution in [0, 0.1) is 6.92 Å². The number of carbonyl (C=O) groups excluding carboxylic acids is 2. The van der Waals surface area contributed by atoms with Gasteiger partial charge in [0.15, 0.2) is 0 Å². The van der Waals surface area contributed by atoms with Gasteiger partial charge < -0.3 is 10.2 Å². The zero-order valence-corrected chi connectivity index (χ0v) is 16.1. The summed E-state index contributed by atoms with van der Waals surface area (Å²) in [5.74, 6) is -0.270. The smallest absolute Gasteiger partial charge is 0.272 e. The summed E-state index contributed by atoms with van der Waals surface area (Å²) in [6, 6.07) is 11.6. The maximum absolute atomic E-state index is 12.9. The monoisotopic (exact) mass is 365 g/mol. The number of hydrogen-bond acceptors (Lipinski definition) is 3. The quantitative estimate of drug-likeness (QED) is 0.878. The van der Waals surface area contributed by atoms with Crippen LogP contribution in [0.15, 0.2) is 42.6 Å². The van der Waals surface area contributed by atoms with Crippen molar-refractivity contribution in [2.24, 2.45) is 0 Å². The Bertz CT molecular complexity index is 819. The van der Waals surface area contributed by atoms with E-state index in [9.17, 15) is 9.59 Å². The molecule has 0 bridgehead atoms. The van der Waals surface area contributed by atoms with Gasteiger partial charge in [0.25, 0.3) is 11.8 Å². The topological polar surface area (TPSA) is 62.3 Å². The molecule has 2 amide bonds. The lowest BCUT2D eigenvalue weighted by atomic mass is 9.99. The van der Waals surface area contributed by atoms with Gasteiger partial charge in [-0.05, 0) is 50.3 Å². The minimum Gasteiger partial charge on any atom is -0.348 e. The highest BCUT2D eigenvalue weighted by Crippen LogP contribution is 2.21. The SMILES string of the molecule is CCC1CCCCN1C(=O)c1cc(C(=O)NCc2cccc(C)c2)ccn1. The van der Waals surface area contributed by atoms with Crippen molar-refractivity contribution in [1.82, 2.24) is 15.2 Å². The summed E-state index contributed by atoms with van der Waals surface area (Å²) in [5, 5.41) is 2.92. The van der Waals surface area contributed by atoms with E-state index in [2.05, 4.69) is 17.2 Å². The Labute approximate surface area is 160 Å². The molecule has 5 nitrogen and oxygen atoms in total. The number of nitrogens with one attached hydrogen (secondary N) is 1. The van der Waals surface area contributed by atoms with Crippen molar-refractivity contribution in [3.8, 4) is 0 Å². The molecule has 1 aromatic heterocycles. The first-order valence-electron chi connectivity index (χ1n) is 9.69. The zero-order valence-electron chi connectivity index (χ0n) is 16.1. The number of rotatable bonds is 5. The molecule has 2 aromatic rings. The molecule has 1 N–H and O–H groups in total. The van der Waals surface area contributed by atoms with E-state index in [4.69, 9.17) is 0 Å². The molecule has 0 radical (unpaired) electrons. The van der Waals surface area contributed by atoms with Crippen molar-refractivity contribution < 1.29 is 9.59 Å². The third-order valence-electron chi connectivity index (χ3n) is 5.14. The lowest BCUT2D eigenvalue weighted by molar-refractivity contribution is 0.0602. The average molecular weight is 365 g/mol. The van der Waals surface area contributed by atoms with Gasteiger partial charge in [0.1, 0.15) is 5.69 Å². The number of likely N-dealkylation sites (tertiary alicyclic amines) is 1. The van der Waals surface area contributed by atoms with Gasteiger partial charge >= 0.3 is 0 Å². The van der Waals surface area contributed by atoms with E-state index < -0.39 is 0 Å². The fourth-order valence-corrected chi connectivity index (χ4v) is 3.63. The van der Waals surface area contributed by atoms with Gasteiger partial charge in [-0.1, -0.05) is 36.8 Å². The van der Waals surface area contributed by atoms with E-state index in [0.717, 1.165) is 43.4 Å². The molecule has 142 valence electrons. The molecule has 1 aliphatic heterocycles. The molecule has 3 rings (SSSR count). The van der Waals surface area contributed by atoms with Crippen molar-refractivity contribution in [1.29, 1.82) is 0 Å². The zero-order chi connectivity index (χ0) is 19.2. The third-order valence-corrected chi connectivity index (χ3v) is 5.14. The summed E-state index contributed by atoms with van der Waals surface area (Å²) < 4.78 is 0. The summed E-state index contributed by atoms with van der Waals surface area (Å²) in [5.41, 5.74) is 3.02. The van der Waals surface area contributed by atoms with Gasteiger partial charge in [-0.25, -0.2) is 0 Å². The van der Waals surface area contributed by atoms with E-state index in [0.29, 0.717) is 17.8 Å². The van der Waals surface area contributed by atoms with Crippen LogP contribution in [-0.2, 0) is 6.54 Å². The second-order valence-electron chi connectivity index (χ2n) is 7.16. The second kappa shape index (κ2) is 8.80. The van der Waals surface area contributed by atoms with E-state index in [-0.39, 0.29) is 17.9 Å². The van der Waals surface area contributed by atoms with Crippen LogP contribution in [0.1, 0.15) is 64.6 Å². The number of hydrogen-bond donors (Lipinski definition) is 1. The molecule has 27 heavy (non-hydrogen) atoms. The van der Waals surface area contributed by atoms with Crippen LogP contribution in [-0.4, -0.2) is 34.3 Å². The van der Waals surface area contributed by atoms with Crippen LogP contribution in [0.3, 0.4) is 0 Å². The van der Waals surface area contributed by atoms with Crippen LogP contribution in [0.25, 0.3) is 0 Å². The number of aryl methyl sites for hydroxylation is 1. The highest BCUT2D eigenvalue weighted by Gasteiger charge is 2.27. The molecule has 1 fully saturated rings. The maximum Gasteiger partial charge on any atom is 0.272 e. The van der Waals surface area contributed by atoms with Gasteiger partial charge in [0, 0.05) is 30.9 Å². The number of benzene rings is 1. The molecular formula is C22H27N3O2. The first-order valence-corrected chi connectivity index (χ1v) is 9.69. The Morgan fingerprint density at radius 2 is 2.07 bits per heavy atom. The Morgan fingerprint density at radius 3 is 2.85 bits per heavy atom. The Kier molecular flexibility index (Phi) is 6.22. The number of carbonyl (C=O) groups is 2. The molecule has 5 heteroatoms. The Balaban J connectivity index is 1.69. The summed E-state index contributed by atoms with van der Waals surface area (Å²) in [7, 11) is 0. The lowest BCUT2D eigenvalue weighted by Gasteiger charge is -2.35. The average Bonchev–Trinajstić information content (AvgIpc) is 2.71. The largest absolute Gasteiger partial charge is 0.348 e. The Morgan fingerprint density at radius 1 is 1.22 bits per heavy atom. The van der Waals surface area contributed by atoms with E-state index in [1.165, 1.54) is 0 Å². The standard InChI is InChI=1S/C22H27N3O2/c1-3-19-9-4-5-12-25(19)22(27)20-14-18(10-11-23-20)21(26)24-15-17-8-6-7-16(2)13-17/h6-8,10-11,13-14,19H,3-5,9,12,15H2,1-2H3,(H,24,26). The predicted molar refractivity (Wildman–Crippen MR) is 106 cm³/mol. The molecule has 1 unspecified atom stereocenters. The molecule has 1 saturated heterocycles. The highest BCUT2D eigenvalue weighted by molar-refractivity contribution is 5.98. The normalized spacial score (nSPS) is 16.8. The van der Waals surface area contributed by atoms with Gasteiger partial charge in [-0.2, -0.15) is 0 Å². The molecule has 0 saturated carbocycles. The van der Waals surface area contributed by atoms with Crippen molar-refractivity contribution in [2.75, 3.05) is 6.54 Å². The number of piperidine rings is 1. The first-order chi connectivity index (χ1) is 13.1. The van der Waals surface area contributed by atoms with Crippen molar-refractivity contribution >= 4 is 11.8 Å². The van der Waals surface area contributed by atoms with Crippen molar-refractivity contribution in [2.45, 2.75) is 52.1 Å². The number of aromatic nitrogens is 1. The van der Waals surface area contributed by atoms with Crippen molar-refractivity contribution in [3.63, 3.8) is 0 Å². The van der Waals surface area contributed by atoms with Gasteiger partial charge in [0.2, 0.25) is 0 Å². The fourth-order valence-electron chi connectivity index (χ4n) is 3.63. The summed E-state index contributed by atoms with van der Waals surface area (Å²) in [6.07, 6.45) is 5.72. The van der Waals surface area contributed by atoms with Crippen LogP contribution >= 0.6 is 0 Å². The van der Waals surface area contributed by atoms with E-state index >= 15 is 0 Å². The third kappa shape index (κ3) is 4.73. The number of amides is 2. The summed E-state index contributed by atoms with van der Waals surface area (Å²) >= 11 is 0. The summed E-state index contributed by atoms with van der Waals surface area (Å²) in [4.78, 5) is 31.5. The second-order valence-corrected chi connectivity index (χ2v) is 7.16. The highest BCUT2D eigenvalue weighted by atomic mass is 16.2. The summed E-state index contributed by atoms with van der Waals surface area (Å²) in [6.45, 7) is 5.36. The minimum absolute atomic E-state index is 0.0742. The van der Waals surface area contributed by atoms with E-state index in [1.807, 2.05) is 36.1 Å². The van der Waals surface area contributed by atoms with Gasteiger partial charge in [0.05, 0.1) is 0 Å². The Hall–Kier alpha value is -2.69. The molecule has 1 aliphatic rings. The first kappa shape index (κ1) is 19.1. The van der Waals surface area contributed by atoms with Gasteiger partial charge in [-0.3, -0.25) is 14.6 Å². The van der Waals surface area contributed by atoms with Crippen LogP contribution in [0.5, 0.6) is 0 Å². The minimum atomic E-state index is -0.196. The van der Waals surface area contributed by atoms with Crippen LogP contribution in [0.2, 0.25) is 0 Å². The molecule has 1 atom stereocenters. The van der Waals surface area contributed by atoms with E-state index in [1.54, 1.807) is 18.3 Å². The number of pyridine rings is 1. The predicted octanol–water partition coefficient (Wildman–Crippen LogP) is 3.72. The van der Waals surface area contributed by atoms with Gasteiger partial charge in [-0.15, -0.1) is 0 Å². The lowest BCUT2D eigenvalue weighted by Crippen LogP contribution is -2.43.